The monoisotopic (exact) mass is 552 g/mol. The van der Waals surface area contributed by atoms with Crippen LogP contribution >= 0.6 is 11.6 Å². The van der Waals surface area contributed by atoms with Crippen molar-refractivity contribution in [1.29, 1.82) is 0 Å². The molecule has 1 saturated heterocycles. The number of carbonyl (C=O) groups is 2. The summed E-state index contributed by atoms with van der Waals surface area (Å²) >= 11 is 6.16. The molecule has 0 saturated carbocycles. The molecule has 2 amide bonds. The van der Waals surface area contributed by atoms with Crippen molar-refractivity contribution in [2.24, 2.45) is 7.05 Å². The zero-order valence-electron chi connectivity index (χ0n) is 22.8. The maximum atomic E-state index is 14.2. The summed E-state index contributed by atoms with van der Waals surface area (Å²) in [7, 11) is 1.83. The average molecular weight is 553 g/mol. The maximum Gasteiger partial charge on any atom is 0.290 e. The minimum absolute atomic E-state index is 0.0531. The Morgan fingerprint density at radius 3 is 2.82 bits per heavy atom. The van der Waals surface area contributed by atoms with Crippen LogP contribution in [-0.2, 0) is 23.0 Å². The highest BCUT2D eigenvalue weighted by Gasteiger charge is 2.47. The number of para-hydroxylation sites is 1. The molecule has 9 heteroatoms. The predicted octanol–water partition coefficient (Wildman–Crippen LogP) is 4.87. The zero-order chi connectivity index (χ0) is 27.4. The van der Waals surface area contributed by atoms with Gasteiger partial charge in [-0.05, 0) is 61.9 Å². The molecule has 3 aromatic rings. The van der Waals surface area contributed by atoms with Crippen LogP contribution in [0.3, 0.4) is 0 Å². The number of benzene rings is 2. The molecule has 1 unspecified atom stereocenters. The van der Waals surface area contributed by atoms with Gasteiger partial charge < -0.3 is 23.8 Å². The van der Waals surface area contributed by atoms with E-state index in [2.05, 4.69) is 18.0 Å². The lowest BCUT2D eigenvalue weighted by molar-refractivity contribution is -0.170. The molecule has 8 nitrogen and oxygen atoms in total. The number of morpholine rings is 1. The Bertz CT molecular complexity index is 1340. The topological polar surface area (TPSA) is 76.9 Å². The minimum atomic E-state index is -1.09. The van der Waals surface area contributed by atoms with Gasteiger partial charge in [0.2, 0.25) is 0 Å². The van der Waals surface area contributed by atoms with E-state index in [-0.39, 0.29) is 18.4 Å². The fraction of sp³-hybridized carbons (Fsp3) is 0.500. The first-order chi connectivity index (χ1) is 18.9. The molecular formula is C30H37ClN4O4. The second-order valence-corrected chi connectivity index (χ2v) is 10.9. The normalized spacial score (nSPS) is 20.8. The van der Waals surface area contributed by atoms with E-state index in [1.807, 2.05) is 36.2 Å². The lowest BCUT2D eigenvalue weighted by Gasteiger charge is -2.44. The number of aromatic nitrogens is 2. The van der Waals surface area contributed by atoms with Gasteiger partial charge in [0.1, 0.15) is 12.4 Å². The van der Waals surface area contributed by atoms with Crippen LogP contribution in [0.25, 0.3) is 11.0 Å². The number of rotatable bonds is 4. The van der Waals surface area contributed by atoms with E-state index in [1.54, 1.807) is 21.6 Å². The Morgan fingerprint density at radius 2 is 1.97 bits per heavy atom. The van der Waals surface area contributed by atoms with Gasteiger partial charge in [-0.1, -0.05) is 43.1 Å². The number of carbonyl (C=O) groups excluding carboxylic acids is 2. The second kappa shape index (κ2) is 12.0. The number of halogens is 1. The fourth-order valence-electron chi connectivity index (χ4n) is 5.65. The van der Waals surface area contributed by atoms with Gasteiger partial charge in [-0.2, -0.15) is 0 Å². The quantitative estimate of drug-likeness (QED) is 0.461. The van der Waals surface area contributed by atoms with E-state index in [0.717, 1.165) is 43.4 Å². The summed E-state index contributed by atoms with van der Waals surface area (Å²) in [4.78, 5) is 36.2. The summed E-state index contributed by atoms with van der Waals surface area (Å²) in [5.41, 5.74) is 1.60. The highest BCUT2D eigenvalue weighted by Crippen LogP contribution is 2.31. The maximum absolute atomic E-state index is 14.2. The third-order valence-electron chi connectivity index (χ3n) is 7.83. The Labute approximate surface area is 234 Å². The number of unbranched alkanes of at least 4 members (excludes halogenated alkanes) is 1. The average Bonchev–Trinajstić information content (AvgIpc) is 3.27. The van der Waals surface area contributed by atoms with Crippen LogP contribution < -0.4 is 4.74 Å². The molecule has 0 radical (unpaired) electrons. The summed E-state index contributed by atoms with van der Waals surface area (Å²) in [6.45, 7) is 4.54. The molecular weight excluding hydrogens is 516 g/mol. The number of aryl methyl sites for hydroxylation is 2. The van der Waals surface area contributed by atoms with E-state index < -0.39 is 5.60 Å². The molecule has 1 spiro atoms. The number of nitrogens with zero attached hydrogens (tertiary/aromatic N) is 4. The Hall–Kier alpha value is -3.10. The second-order valence-electron chi connectivity index (χ2n) is 10.5. The first-order valence-corrected chi connectivity index (χ1v) is 14.3. The van der Waals surface area contributed by atoms with Crippen molar-refractivity contribution in [2.75, 3.05) is 39.4 Å². The van der Waals surface area contributed by atoms with Gasteiger partial charge in [0, 0.05) is 25.2 Å². The van der Waals surface area contributed by atoms with Crippen molar-refractivity contribution >= 4 is 34.4 Å². The number of hydrogen-bond donors (Lipinski definition) is 0. The molecule has 5 rings (SSSR count). The Kier molecular flexibility index (Phi) is 8.43. The van der Waals surface area contributed by atoms with Gasteiger partial charge in [-0.25, -0.2) is 4.98 Å². The molecule has 1 aromatic heterocycles. The third kappa shape index (κ3) is 5.77. The van der Waals surface area contributed by atoms with Crippen molar-refractivity contribution in [3.63, 3.8) is 0 Å². The van der Waals surface area contributed by atoms with Crippen LogP contribution in [0.15, 0.2) is 42.5 Å². The minimum Gasteiger partial charge on any atom is -0.491 e. The van der Waals surface area contributed by atoms with E-state index in [1.165, 1.54) is 5.56 Å². The standard InChI is InChI=1S/C30H37ClN4O4/c1-3-4-15-34-16-18-38-26-11-6-5-9-22(26)10-7-8-14-30(29(34)37)21-35(17-19-39-30)28(36)27-32-24-20-23(31)12-13-25(24)33(27)2/h5-6,9,11-13,20H,3-4,7-8,10,14-19,21H2,1-2H3. The molecule has 0 aliphatic carbocycles. The SMILES string of the molecule is CCCCN1CCOc2ccccc2CCCCC2(CN(C(=O)c3nc4cc(Cl)ccc4n3C)CCO2)C1=O. The highest BCUT2D eigenvalue weighted by atomic mass is 35.5. The van der Waals surface area contributed by atoms with Crippen molar-refractivity contribution in [3.8, 4) is 5.75 Å². The fourth-order valence-corrected chi connectivity index (χ4v) is 5.81. The number of fused-ring (bicyclic) bond motifs is 2. The number of ether oxygens (including phenoxy) is 2. The van der Waals surface area contributed by atoms with Crippen LogP contribution in [0.2, 0.25) is 5.02 Å². The van der Waals surface area contributed by atoms with Crippen LogP contribution in [0, 0.1) is 0 Å². The summed E-state index contributed by atoms with van der Waals surface area (Å²) < 4.78 is 14.3. The van der Waals surface area contributed by atoms with Gasteiger partial charge in [-0.3, -0.25) is 9.59 Å². The lowest BCUT2D eigenvalue weighted by atomic mass is 9.90. The van der Waals surface area contributed by atoms with Gasteiger partial charge in [0.05, 0.1) is 30.7 Å². The summed E-state index contributed by atoms with van der Waals surface area (Å²) in [5.74, 6) is 0.967. The van der Waals surface area contributed by atoms with E-state index in [9.17, 15) is 9.59 Å². The highest BCUT2D eigenvalue weighted by molar-refractivity contribution is 6.31. The molecule has 1 atom stereocenters. The van der Waals surface area contributed by atoms with Crippen LogP contribution in [0.5, 0.6) is 5.75 Å². The van der Waals surface area contributed by atoms with Crippen molar-refractivity contribution in [3.05, 3.63) is 58.9 Å². The van der Waals surface area contributed by atoms with Gasteiger partial charge >= 0.3 is 0 Å². The zero-order valence-corrected chi connectivity index (χ0v) is 23.6. The first kappa shape index (κ1) is 27.5. The number of hydrogen-bond acceptors (Lipinski definition) is 5. The van der Waals surface area contributed by atoms with Crippen LogP contribution in [-0.4, -0.2) is 76.2 Å². The molecule has 1 fully saturated rings. The third-order valence-corrected chi connectivity index (χ3v) is 8.07. The predicted molar refractivity (Wildman–Crippen MR) is 151 cm³/mol. The number of imidazole rings is 1. The molecule has 39 heavy (non-hydrogen) atoms. The molecule has 0 bridgehead atoms. The summed E-state index contributed by atoms with van der Waals surface area (Å²) in [5, 5.41) is 0.572. The molecule has 3 heterocycles. The summed E-state index contributed by atoms with van der Waals surface area (Å²) in [6.07, 6.45) is 4.98. The van der Waals surface area contributed by atoms with Crippen LogP contribution in [0.1, 0.15) is 55.2 Å². The van der Waals surface area contributed by atoms with Gasteiger partial charge in [-0.15, -0.1) is 0 Å². The van der Waals surface area contributed by atoms with Crippen molar-refractivity contribution < 1.29 is 19.1 Å². The van der Waals surface area contributed by atoms with Gasteiger partial charge in [0.25, 0.3) is 11.8 Å². The molecule has 2 aliphatic heterocycles. The summed E-state index contributed by atoms with van der Waals surface area (Å²) in [6, 6.07) is 13.6. The molecule has 208 valence electrons. The molecule has 2 aliphatic rings. The Balaban J connectivity index is 1.42. The molecule has 0 N–H and O–H groups in total. The smallest absolute Gasteiger partial charge is 0.290 e. The lowest BCUT2D eigenvalue weighted by Crippen LogP contribution is -2.62. The molecule has 2 aromatic carbocycles. The van der Waals surface area contributed by atoms with Crippen molar-refractivity contribution in [2.45, 2.75) is 51.0 Å². The van der Waals surface area contributed by atoms with Gasteiger partial charge in [0.15, 0.2) is 11.4 Å². The van der Waals surface area contributed by atoms with Crippen LogP contribution in [0.4, 0.5) is 0 Å². The largest absolute Gasteiger partial charge is 0.491 e. The Morgan fingerprint density at radius 1 is 1.13 bits per heavy atom. The van der Waals surface area contributed by atoms with E-state index in [0.29, 0.717) is 55.6 Å². The van der Waals surface area contributed by atoms with Crippen molar-refractivity contribution in [1.82, 2.24) is 19.4 Å². The van der Waals surface area contributed by atoms with E-state index in [4.69, 9.17) is 21.1 Å². The van der Waals surface area contributed by atoms with E-state index >= 15 is 0 Å². The number of amides is 2. The first-order valence-electron chi connectivity index (χ1n) is 14.0.